The summed E-state index contributed by atoms with van der Waals surface area (Å²) in [7, 11) is 0. The lowest BCUT2D eigenvalue weighted by atomic mass is 9.98. The van der Waals surface area contributed by atoms with Crippen molar-refractivity contribution in [2.24, 2.45) is 0 Å². The Hall–Kier alpha value is -1.47. The molecule has 21 heavy (non-hydrogen) atoms. The summed E-state index contributed by atoms with van der Waals surface area (Å²) in [6, 6.07) is 9.70. The molecule has 1 unspecified atom stereocenters. The van der Waals surface area contributed by atoms with Gasteiger partial charge in [0.15, 0.2) is 0 Å². The van der Waals surface area contributed by atoms with Crippen molar-refractivity contribution >= 4 is 17.7 Å². The Balaban J connectivity index is 1.82. The smallest absolute Gasteiger partial charge is 0.319 e. The van der Waals surface area contributed by atoms with Crippen LogP contribution in [0.1, 0.15) is 50.2 Å². The van der Waals surface area contributed by atoms with E-state index >= 15 is 0 Å². The molecular weight excluding hydrogens is 282 g/mol. The highest BCUT2D eigenvalue weighted by Crippen LogP contribution is 2.24. The molecule has 0 saturated heterocycles. The van der Waals surface area contributed by atoms with Gasteiger partial charge in [-0.1, -0.05) is 24.6 Å². The molecule has 0 N–H and O–H groups in total. The third-order valence-electron chi connectivity index (χ3n) is 3.79. The molecule has 112 valence electrons. The van der Waals surface area contributed by atoms with Gasteiger partial charge in [0.2, 0.25) is 0 Å². The number of esters is 1. The van der Waals surface area contributed by atoms with Crippen molar-refractivity contribution in [2.75, 3.05) is 0 Å². The fourth-order valence-corrected chi connectivity index (χ4v) is 3.35. The summed E-state index contributed by atoms with van der Waals surface area (Å²) in [5, 5.41) is 8.86. The fraction of sp³-hybridized carbons (Fsp3) is 0.529. The number of nitrogens with zero attached hydrogens (tertiary/aromatic N) is 1. The van der Waals surface area contributed by atoms with Gasteiger partial charge in [0.25, 0.3) is 0 Å². The molecule has 0 spiro atoms. The van der Waals surface area contributed by atoms with Gasteiger partial charge in [-0.3, -0.25) is 4.79 Å². The summed E-state index contributed by atoms with van der Waals surface area (Å²) in [6.07, 6.45) is 5.69. The van der Waals surface area contributed by atoms with Gasteiger partial charge < -0.3 is 4.74 Å². The summed E-state index contributed by atoms with van der Waals surface area (Å²) in [5.74, 6) is 0.534. The lowest BCUT2D eigenvalue weighted by molar-refractivity contribution is -0.149. The minimum absolute atomic E-state index is 0.112. The number of ether oxygens (including phenoxy) is 1. The molecule has 0 aromatic heterocycles. The van der Waals surface area contributed by atoms with Crippen LogP contribution in [0, 0.1) is 11.3 Å². The van der Waals surface area contributed by atoms with Crippen LogP contribution in [-0.2, 0) is 15.3 Å². The van der Waals surface area contributed by atoms with Crippen molar-refractivity contribution in [3.8, 4) is 6.07 Å². The summed E-state index contributed by atoms with van der Waals surface area (Å²) >= 11 is 1.53. The van der Waals surface area contributed by atoms with Crippen molar-refractivity contribution in [2.45, 2.75) is 56.1 Å². The number of carbonyl (C=O) groups excluding carboxylic acids is 1. The van der Waals surface area contributed by atoms with E-state index in [0.717, 1.165) is 31.2 Å². The van der Waals surface area contributed by atoms with E-state index in [4.69, 9.17) is 10.00 Å². The highest BCUT2D eigenvalue weighted by atomic mass is 32.2. The van der Waals surface area contributed by atoms with E-state index < -0.39 is 0 Å². The topological polar surface area (TPSA) is 50.1 Å². The maximum absolute atomic E-state index is 12.1. The standard InChI is InChI=1S/C17H21NO2S/c1-13(17(19)20-16-9-3-2-4-10-16)21-12-15-8-6-5-7-14(15)11-18/h5-8,13,16H,2-4,9-10,12H2,1H3. The number of rotatable bonds is 5. The van der Waals surface area contributed by atoms with Crippen LogP contribution in [0.2, 0.25) is 0 Å². The Morgan fingerprint density at radius 2 is 2.10 bits per heavy atom. The zero-order valence-electron chi connectivity index (χ0n) is 12.4. The number of benzene rings is 1. The maximum Gasteiger partial charge on any atom is 0.319 e. The molecule has 1 aromatic carbocycles. The second kappa shape index (κ2) is 8.09. The van der Waals surface area contributed by atoms with Gasteiger partial charge in [0.05, 0.1) is 16.9 Å². The van der Waals surface area contributed by atoms with Gasteiger partial charge in [-0.15, -0.1) is 11.8 Å². The number of hydrogen-bond donors (Lipinski definition) is 0. The molecule has 1 aromatic rings. The van der Waals surface area contributed by atoms with Crippen LogP contribution >= 0.6 is 11.8 Å². The first kappa shape index (κ1) is 15.9. The van der Waals surface area contributed by atoms with Crippen LogP contribution in [0.25, 0.3) is 0 Å². The molecule has 1 atom stereocenters. The zero-order chi connectivity index (χ0) is 15.1. The van der Waals surface area contributed by atoms with Gasteiger partial charge in [-0.2, -0.15) is 5.26 Å². The van der Waals surface area contributed by atoms with E-state index in [0.29, 0.717) is 11.3 Å². The van der Waals surface area contributed by atoms with Gasteiger partial charge in [0, 0.05) is 5.75 Å². The summed E-state index contributed by atoms with van der Waals surface area (Å²) in [4.78, 5) is 12.1. The van der Waals surface area contributed by atoms with E-state index in [9.17, 15) is 4.79 Å². The molecule has 0 aliphatic heterocycles. The first-order valence-corrected chi connectivity index (χ1v) is 8.55. The molecule has 0 amide bonds. The molecule has 1 saturated carbocycles. The Morgan fingerprint density at radius 3 is 2.81 bits per heavy atom. The lowest BCUT2D eigenvalue weighted by Crippen LogP contribution is -2.26. The molecule has 0 radical (unpaired) electrons. The average Bonchev–Trinajstić information content (AvgIpc) is 2.53. The minimum atomic E-state index is -0.196. The van der Waals surface area contributed by atoms with E-state index in [2.05, 4.69) is 6.07 Å². The second-order valence-corrected chi connectivity index (χ2v) is 6.75. The normalized spacial score (nSPS) is 17.0. The highest BCUT2D eigenvalue weighted by Gasteiger charge is 2.22. The molecule has 0 bridgehead atoms. The molecule has 1 aliphatic carbocycles. The molecule has 1 fully saturated rings. The predicted molar refractivity (Wildman–Crippen MR) is 84.9 cm³/mol. The molecule has 1 aliphatic rings. The molecule has 4 heteroatoms. The SMILES string of the molecule is CC(SCc1ccccc1C#N)C(=O)OC1CCCCC1. The van der Waals surface area contributed by atoms with Gasteiger partial charge in [-0.25, -0.2) is 0 Å². The lowest BCUT2D eigenvalue weighted by Gasteiger charge is -2.23. The molecular formula is C17H21NO2S. The number of thioether (sulfide) groups is 1. The maximum atomic E-state index is 12.1. The van der Waals surface area contributed by atoms with Crippen LogP contribution in [0.5, 0.6) is 0 Å². The Morgan fingerprint density at radius 1 is 1.38 bits per heavy atom. The van der Waals surface area contributed by atoms with Crippen LogP contribution < -0.4 is 0 Å². The van der Waals surface area contributed by atoms with Crippen LogP contribution in [0.15, 0.2) is 24.3 Å². The monoisotopic (exact) mass is 303 g/mol. The van der Waals surface area contributed by atoms with Gasteiger partial charge in [0.1, 0.15) is 6.10 Å². The Bertz CT molecular complexity index is 518. The van der Waals surface area contributed by atoms with Gasteiger partial charge in [-0.05, 0) is 44.2 Å². The highest BCUT2D eigenvalue weighted by molar-refractivity contribution is 7.99. The summed E-state index contributed by atoms with van der Waals surface area (Å²) in [5.41, 5.74) is 1.65. The molecule has 0 heterocycles. The second-order valence-electron chi connectivity index (χ2n) is 5.42. The van der Waals surface area contributed by atoms with Crippen LogP contribution in [0.3, 0.4) is 0 Å². The van der Waals surface area contributed by atoms with E-state index in [-0.39, 0.29) is 17.3 Å². The van der Waals surface area contributed by atoms with E-state index in [1.807, 2.05) is 25.1 Å². The van der Waals surface area contributed by atoms with Crippen molar-refractivity contribution in [3.63, 3.8) is 0 Å². The van der Waals surface area contributed by atoms with Crippen LogP contribution in [0.4, 0.5) is 0 Å². The minimum Gasteiger partial charge on any atom is -0.462 e. The number of carbonyl (C=O) groups is 1. The van der Waals surface area contributed by atoms with E-state index in [1.165, 1.54) is 18.2 Å². The van der Waals surface area contributed by atoms with Gasteiger partial charge >= 0.3 is 5.97 Å². The fourth-order valence-electron chi connectivity index (χ4n) is 2.48. The van der Waals surface area contributed by atoms with Crippen molar-refractivity contribution < 1.29 is 9.53 Å². The van der Waals surface area contributed by atoms with E-state index in [1.54, 1.807) is 6.07 Å². The average molecular weight is 303 g/mol. The zero-order valence-corrected chi connectivity index (χ0v) is 13.2. The van der Waals surface area contributed by atoms with Crippen molar-refractivity contribution in [1.29, 1.82) is 5.26 Å². The predicted octanol–water partition coefficient (Wildman–Crippen LogP) is 4.06. The Kier molecular flexibility index (Phi) is 6.13. The first-order valence-electron chi connectivity index (χ1n) is 7.51. The first-order chi connectivity index (χ1) is 10.2. The third kappa shape index (κ3) is 4.78. The van der Waals surface area contributed by atoms with Crippen molar-refractivity contribution in [3.05, 3.63) is 35.4 Å². The third-order valence-corrected chi connectivity index (χ3v) is 4.96. The largest absolute Gasteiger partial charge is 0.462 e. The number of hydrogen-bond acceptors (Lipinski definition) is 4. The molecule has 2 rings (SSSR count). The summed E-state index contributed by atoms with van der Waals surface area (Å²) in [6.45, 7) is 1.88. The number of nitriles is 1. The molecule has 3 nitrogen and oxygen atoms in total. The van der Waals surface area contributed by atoms with Crippen LogP contribution in [-0.4, -0.2) is 17.3 Å². The Labute approximate surface area is 130 Å². The van der Waals surface area contributed by atoms with Crippen molar-refractivity contribution in [1.82, 2.24) is 0 Å². The summed E-state index contributed by atoms with van der Waals surface area (Å²) < 4.78 is 5.57. The quantitative estimate of drug-likeness (QED) is 0.770.